The molecule has 0 radical (unpaired) electrons. The summed E-state index contributed by atoms with van der Waals surface area (Å²) in [6.45, 7) is 1.45. The van der Waals surface area contributed by atoms with Gasteiger partial charge in [0.05, 0.1) is 18.5 Å². The van der Waals surface area contributed by atoms with E-state index in [-0.39, 0.29) is 0 Å². The van der Waals surface area contributed by atoms with Gasteiger partial charge >= 0.3 is 0 Å². The van der Waals surface area contributed by atoms with Crippen molar-refractivity contribution in [1.82, 2.24) is 4.98 Å². The first-order chi connectivity index (χ1) is 8.78. The quantitative estimate of drug-likeness (QED) is 0.857. The molecule has 4 heteroatoms. The average molecular weight is 307 g/mol. The van der Waals surface area contributed by atoms with Crippen LogP contribution in [-0.4, -0.2) is 12.1 Å². The minimum absolute atomic E-state index is 0.657. The minimum atomic E-state index is 0.657. The average Bonchev–Trinajstić information content (AvgIpc) is 2.40. The molecule has 1 N–H and O–H groups in total. The first-order valence-corrected chi connectivity index (χ1v) is 6.49. The van der Waals surface area contributed by atoms with Gasteiger partial charge in [-0.3, -0.25) is 0 Å². The van der Waals surface area contributed by atoms with Crippen LogP contribution in [-0.2, 0) is 17.9 Å². The Morgan fingerprint density at radius 1 is 1.11 bits per heavy atom. The van der Waals surface area contributed by atoms with E-state index in [2.05, 4.69) is 50.5 Å². The van der Waals surface area contributed by atoms with Crippen LogP contribution >= 0.6 is 15.9 Å². The molecule has 18 heavy (non-hydrogen) atoms. The number of halogens is 1. The topological polar surface area (TPSA) is 34.1 Å². The predicted octanol–water partition coefficient (Wildman–Crippen LogP) is 3.60. The first kappa shape index (κ1) is 13.1. The smallest absolute Gasteiger partial charge is 0.106 e. The third-order valence-electron chi connectivity index (χ3n) is 2.56. The highest BCUT2D eigenvalue weighted by Crippen LogP contribution is 2.12. The van der Waals surface area contributed by atoms with Crippen molar-refractivity contribution < 1.29 is 4.74 Å². The van der Waals surface area contributed by atoms with E-state index < -0.39 is 0 Å². The van der Waals surface area contributed by atoms with Gasteiger partial charge in [-0.2, -0.15) is 0 Å². The van der Waals surface area contributed by atoms with Crippen LogP contribution in [0.4, 0.5) is 5.69 Å². The molecular weight excluding hydrogens is 292 g/mol. The van der Waals surface area contributed by atoms with E-state index in [4.69, 9.17) is 4.74 Å². The molecule has 0 saturated carbocycles. The van der Waals surface area contributed by atoms with Gasteiger partial charge in [0.2, 0.25) is 0 Å². The summed E-state index contributed by atoms with van der Waals surface area (Å²) in [5.41, 5.74) is 3.43. The fourth-order valence-electron chi connectivity index (χ4n) is 1.60. The molecule has 0 bridgehead atoms. The van der Waals surface area contributed by atoms with E-state index in [0.717, 1.165) is 16.8 Å². The second-order valence-electron chi connectivity index (χ2n) is 3.97. The number of methoxy groups -OCH3 is 1. The monoisotopic (exact) mass is 306 g/mol. The molecule has 0 spiro atoms. The second-order valence-corrected chi connectivity index (χ2v) is 4.79. The molecule has 0 aliphatic rings. The van der Waals surface area contributed by atoms with Gasteiger partial charge in [0.25, 0.3) is 0 Å². The lowest BCUT2D eigenvalue weighted by molar-refractivity contribution is 0.185. The molecule has 2 rings (SSSR count). The summed E-state index contributed by atoms with van der Waals surface area (Å²) < 4.78 is 5.92. The highest BCUT2D eigenvalue weighted by atomic mass is 79.9. The Labute approximate surface area is 115 Å². The van der Waals surface area contributed by atoms with Gasteiger partial charge in [-0.15, -0.1) is 0 Å². The van der Waals surface area contributed by atoms with Crippen LogP contribution in [0.3, 0.4) is 0 Å². The summed E-state index contributed by atoms with van der Waals surface area (Å²) in [5.74, 6) is 0. The van der Waals surface area contributed by atoms with Crippen LogP contribution in [0.1, 0.15) is 11.1 Å². The lowest BCUT2D eigenvalue weighted by Gasteiger charge is -2.07. The number of nitrogens with one attached hydrogen (secondary N) is 1. The van der Waals surface area contributed by atoms with Gasteiger partial charge < -0.3 is 10.1 Å². The van der Waals surface area contributed by atoms with Crippen molar-refractivity contribution in [1.29, 1.82) is 0 Å². The zero-order chi connectivity index (χ0) is 12.8. The third-order valence-corrected chi connectivity index (χ3v) is 3.03. The molecule has 0 fully saturated rings. The largest absolute Gasteiger partial charge is 0.380 e. The van der Waals surface area contributed by atoms with Crippen LogP contribution in [0.15, 0.2) is 47.2 Å². The van der Waals surface area contributed by atoms with Crippen LogP contribution in [0.5, 0.6) is 0 Å². The highest BCUT2D eigenvalue weighted by Gasteiger charge is 1.96. The fourth-order valence-corrected chi connectivity index (χ4v) is 1.84. The number of aromatic nitrogens is 1. The standard InChI is InChI=1S/C14H15BrN2O/c1-18-10-12-4-2-11(3-5-12)8-16-13-6-7-14(15)17-9-13/h2-7,9,16H,8,10H2,1H3. The predicted molar refractivity (Wildman–Crippen MR) is 76.4 cm³/mol. The molecule has 0 unspecified atom stereocenters. The fraction of sp³-hybridized carbons (Fsp3) is 0.214. The molecule has 0 aliphatic heterocycles. The minimum Gasteiger partial charge on any atom is -0.380 e. The SMILES string of the molecule is COCc1ccc(CNc2ccc(Br)nc2)cc1. The lowest BCUT2D eigenvalue weighted by Crippen LogP contribution is -2.00. The van der Waals surface area contributed by atoms with E-state index in [9.17, 15) is 0 Å². The summed E-state index contributed by atoms with van der Waals surface area (Å²) in [4.78, 5) is 4.17. The van der Waals surface area contributed by atoms with E-state index in [1.165, 1.54) is 11.1 Å². The summed E-state index contributed by atoms with van der Waals surface area (Å²) >= 11 is 3.31. The number of hydrogen-bond donors (Lipinski definition) is 1. The summed E-state index contributed by atoms with van der Waals surface area (Å²) in [6, 6.07) is 12.3. The molecular formula is C14H15BrN2O. The molecule has 1 aromatic carbocycles. The molecule has 2 aromatic rings. The van der Waals surface area contributed by atoms with Crippen LogP contribution in [0.2, 0.25) is 0 Å². The van der Waals surface area contributed by atoms with Crippen LogP contribution in [0.25, 0.3) is 0 Å². The van der Waals surface area contributed by atoms with Gasteiger partial charge in [-0.25, -0.2) is 4.98 Å². The van der Waals surface area contributed by atoms with Gasteiger partial charge in [0, 0.05) is 13.7 Å². The molecule has 0 aliphatic carbocycles. The number of benzene rings is 1. The molecule has 1 aromatic heterocycles. The van der Waals surface area contributed by atoms with Crippen molar-refractivity contribution in [3.63, 3.8) is 0 Å². The zero-order valence-electron chi connectivity index (χ0n) is 10.2. The number of pyridine rings is 1. The Kier molecular flexibility index (Phi) is 4.73. The van der Waals surface area contributed by atoms with Gasteiger partial charge in [0.15, 0.2) is 0 Å². The van der Waals surface area contributed by atoms with E-state index >= 15 is 0 Å². The third kappa shape index (κ3) is 3.82. The Bertz CT molecular complexity index is 482. The summed E-state index contributed by atoms with van der Waals surface area (Å²) in [7, 11) is 1.70. The number of hydrogen-bond acceptors (Lipinski definition) is 3. The molecule has 0 amide bonds. The van der Waals surface area contributed by atoms with Crippen molar-refractivity contribution in [2.45, 2.75) is 13.2 Å². The molecule has 3 nitrogen and oxygen atoms in total. The van der Waals surface area contributed by atoms with Crippen molar-refractivity contribution in [2.24, 2.45) is 0 Å². The lowest BCUT2D eigenvalue weighted by atomic mass is 10.1. The van der Waals surface area contributed by atoms with Crippen molar-refractivity contribution in [2.75, 3.05) is 12.4 Å². The van der Waals surface area contributed by atoms with Crippen LogP contribution < -0.4 is 5.32 Å². The maximum Gasteiger partial charge on any atom is 0.106 e. The number of rotatable bonds is 5. The van der Waals surface area contributed by atoms with Gasteiger partial charge in [-0.05, 0) is 39.2 Å². The van der Waals surface area contributed by atoms with E-state index in [1.54, 1.807) is 7.11 Å². The Morgan fingerprint density at radius 2 is 1.83 bits per heavy atom. The number of ether oxygens (including phenoxy) is 1. The second kappa shape index (κ2) is 6.52. The maximum absolute atomic E-state index is 5.08. The Balaban J connectivity index is 1.91. The molecule has 94 valence electrons. The molecule has 0 saturated heterocycles. The van der Waals surface area contributed by atoms with Gasteiger partial charge in [-0.1, -0.05) is 24.3 Å². The van der Waals surface area contributed by atoms with Crippen molar-refractivity contribution in [3.05, 3.63) is 58.3 Å². The summed E-state index contributed by atoms with van der Waals surface area (Å²) in [5, 5.41) is 3.33. The zero-order valence-corrected chi connectivity index (χ0v) is 11.8. The van der Waals surface area contributed by atoms with Crippen molar-refractivity contribution in [3.8, 4) is 0 Å². The maximum atomic E-state index is 5.08. The Hall–Kier alpha value is -1.39. The molecule has 0 atom stereocenters. The summed E-state index contributed by atoms with van der Waals surface area (Å²) in [6.07, 6.45) is 1.81. The number of anilines is 1. The highest BCUT2D eigenvalue weighted by molar-refractivity contribution is 9.10. The molecule has 1 heterocycles. The van der Waals surface area contributed by atoms with Gasteiger partial charge in [0.1, 0.15) is 4.60 Å². The number of nitrogens with zero attached hydrogens (tertiary/aromatic N) is 1. The van der Waals surface area contributed by atoms with E-state index in [0.29, 0.717) is 6.61 Å². The Morgan fingerprint density at radius 3 is 2.44 bits per heavy atom. The van der Waals surface area contributed by atoms with Crippen LogP contribution in [0, 0.1) is 0 Å². The van der Waals surface area contributed by atoms with E-state index in [1.807, 2.05) is 18.3 Å². The first-order valence-electron chi connectivity index (χ1n) is 5.70. The normalized spacial score (nSPS) is 10.3. The van der Waals surface area contributed by atoms with Crippen molar-refractivity contribution >= 4 is 21.6 Å².